The van der Waals surface area contributed by atoms with Crippen LogP contribution in [0.5, 0.6) is 0 Å². The number of nitro benzene ring substituents is 1. The molecule has 1 heterocycles. The number of ether oxygens (including phenoxy) is 2. The lowest BCUT2D eigenvalue weighted by molar-refractivity contribution is -0.385. The number of carbonyl (C=O) groups excluding carboxylic acids is 2. The van der Waals surface area contributed by atoms with Gasteiger partial charge in [-0.15, -0.1) is 0 Å². The molecule has 30 heavy (non-hydrogen) atoms. The van der Waals surface area contributed by atoms with Crippen LogP contribution in [0.2, 0.25) is 0 Å². The lowest BCUT2D eigenvalue weighted by Gasteiger charge is -2.36. The third kappa shape index (κ3) is 4.22. The maximum absolute atomic E-state index is 12.7. The van der Waals surface area contributed by atoms with Crippen molar-refractivity contribution < 1.29 is 24.0 Å². The Morgan fingerprint density at radius 3 is 2.10 bits per heavy atom. The summed E-state index contributed by atoms with van der Waals surface area (Å²) in [6.45, 7) is 1.64. The van der Waals surface area contributed by atoms with Crippen molar-refractivity contribution in [2.24, 2.45) is 0 Å². The summed E-state index contributed by atoms with van der Waals surface area (Å²) in [4.78, 5) is 38.3. The fourth-order valence-electron chi connectivity index (χ4n) is 4.20. The topological polar surface area (TPSA) is 99.0 Å². The molecule has 0 unspecified atom stereocenters. The Kier molecular flexibility index (Phi) is 6.54. The summed E-state index contributed by atoms with van der Waals surface area (Å²) >= 11 is 0. The smallest absolute Gasteiger partial charge is 0.336 e. The molecule has 0 aromatic heterocycles. The molecule has 160 valence electrons. The molecule has 0 saturated heterocycles. The Hall–Kier alpha value is -3.16. The number of hydrogen-bond acceptors (Lipinski definition) is 7. The van der Waals surface area contributed by atoms with Crippen LogP contribution in [0.1, 0.15) is 49.1 Å². The highest BCUT2D eigenvalue weighted by atomic mass is 16.6. The zero-order chi connectivity index (χ0) is 21.8. The van der Waals surface area contributed by atoms with Gasteiger partial charge in [0.05, 0.1) is 36.2 Å². The summed E-state index contributed by atoms with van der Waals surface area (Å²) in [6, 6.07) is 4.89. The van der Waals surface area contributed by atoms with Crippen molar-refractivity contribution in [1.29, 1.82) is 0 Å². The monoisotopic (exact) mass is 414 g/mol. The summed E-state index contributed by atoms with van der Waals surface area (Å²) in [5.74, 6) is -1.99. The van der Waals surface area contributed by atoms with E-state index in [1.807, 2.05) is 4.90 Å². The minimum absolute atomic E-state index is 0.0735. The highest BCUT2D eigenvalue weighted by Crippen LogP contribution is 2.40. The number of esters is 2. The van der Waals surface area contributed by atoms with Crippen LogP contribution in [0, 0.1) is 17.0 Å². The first-order chi connectivity index (χ1) is 14.4. The summed E-state index contributed by atoms with van der Waals surface area (Å²) in [5, 5.41) is 11.4. The van der Waals surface area contributed by atoms with E-state index in [1.54, 1.807) is 31.5 Å². The number of benzene rings is 1. The average molecular weight is 414 g/mol. The molecule has 3 rings (SSSR count). The van der Waals surface area contributed by atoms with Crippen LogP contribution in [-0.4, -0.2) is 42.0 Å². The second-order valence-electron chi connectivity index (χ2n) is 7.63. The summed E-state index contributed by atoms with van der Waals surface area (Å²) in [6.07, 6.45) is 8.67. The molecule has 1 aromatic rings. The fourth-order valence-corrected chi connectivity index (χ4v) is 4.20. The first kappa shape index (κ1) is 21.5. The molecule has 8 heteroatoms. The third-order valence-corrected chi connectivity index (χ3v) is 5.80. The van der Waals surface area contributed by atoms with Gasteiger partial charge in [0.2, 0.25) is 0 Å². The quantitative estimate of drug-likeness (QED) is 0.411. The van der Waals surface area contributed by atoms with E-state index >= 15 is 0 Å². The Bertz CT molecular complexity index is 880. The van der Waals surface area contributed by atoms with Crippen molar-refractivity contribution in [3.8, 4) is 0 Å². The second-order valence-corrected chi connectivity index (χ2v) is 7.63. The fraction of sp³-hybridized carbons (Fsp3) is 0.455. The Morgan fingerprint density at radius 2 is 1.60 bits per heavy atom. The maximum Gasteiger partial charge on any atom is 0.336 e. The van der Waals surface area contributed by atoms with Crippen molar-refractivity contribution in [2.45, 2.75) is 51.0 Å². The number of carbonyl (C=O) groups is 2. The van der Waals surface area contributed by atoms with E-state index in [1.165, 1.54) is 26.7 Å². The molecule has 0 atom stereocenters. The molecule has 0 spiro atoms. The number of rotatable bonds is 5. The maximum atomic E-state index is 12.7. The highest BCUT2D eigenvalue weighted by Gasteiger charge is 2.37. The number of methoxy groups -OCH3 is 2. The molecular weight excluding hydrogens is 388 g/mol. The predicted octanol–water partition coefficient (Wildman–Crippen LogP) is 3.75. The summed E-state index contributed by atoms with van der Waals surface area (Å²) in [7, 11) is 2.55. The third-order valence-electron chi connectivity index (χ3n) is 5.80. The lowest BCUT2D eigenvalue weighted by Crippen LogP contribution is -2.35. The molecule has 1 aromatic carbocycles. The normalized spacial score (nSPS) is 17.8. The van der Waals surface area contributed by atoms with Crippen LogP contribution in [0.15, 0.2) is 41.7 Å². The Labute approximate surface area is 175 Å². The van der Waals surface area contributed by atoms with Crippen molar-refractivity contribution in [3.05, 3.63) is 63.0 Å². The van der Waals surface area contributed by atoms with Crippen LogP contribution in [0.4, 0.5) is 5.69 Å². The van der Waals surface area contributed by atoms with E-state index in [4.69, 9.17) is 9.47 Å². The molecule has 0 bridgehead atoms. The molecule has 1 aliphatic heterocycles. The van der Waals surface area contributed by atoms with Crippen LogP contribution < -0.4 is 0 Å². The van der Waals surface area contributed by atoms with E-state index < -0.39 is 22.8 Å². The average Bonchev–Trinajstić information content (AvgIpc) is 2.77. The van der Waals surface area contributed by atoms with Gasteiger partial charge < -0.3 is 14.4 Å². The number of aryl methyl sites for hydroxylation is 1. The van der Waals surface area contributed by atoms with Gasteiger partial charge in [0.1, 0.15) is 0 Å². The van der Waals surface area contributed by atoms with Crippen molar-refractivity contribution in [3.63, 3.8) is 0 Å². The van der Waals surface area contributed by atoms with Crippen LogP contribution in [0.3, 0.4) is 0 Å². The number of hydrogen-bond donors (Lipinski definition) is 0. The van der Waals surface area contributed by atoms with Crippen molar-refractivity contribution >= 4 is 17.6 Å². The SMILES string of the molecule is COC(=O)C1=CN(C2CCCCC2)C=C(C(=O)OC)C1c1ccc(C)c([N+](=O)[O-])c1. The predicted molar refractivity (Wildman–Crippen MR) is 109 cm³/mol. The zero-order valence-electron chi connectivity index (χ0n) is 17.4. The Morgan fingerprint density at radius 1 is 1.03 bits per heavy atom. The highest BCUT2D eigenvalue weighted by molar-refractivity contribution is 5.98. The van der Waals surface area contributed by atoms with Gasteiger partial charge in [-0.05, 0) is 25.3 Å². The van der Waals surface area contributed by atoms with Crippen molar-refractivity contribution in [2.75, 3.05) is 14.2 Å². The minimum Gasteiger partial charge on any atom is -0.466 e. The minimum atomic E-state index is -0.816. The standard InChI is InChI=1S/C22H26N2O6/c1-14-9-10-15(11-19(14)24(27)28)20-17(21(25)29-2)12-23(13-18(20)22(26)30-3)16-7-5-4-6-8-16/h9-13,16,20H,4-8H2,1-3H3. The van der Waals surface area contributed by atoms with Gasteiger partial charge in [-0.25, -0.2) is 9.59 Å². The largest absolute Gasteiger partial charge is 0.466 e. The summed E-state index contributed by atoms with van der Waals surface area (Å²) in [5.41, 5.74) is 1.39. The van der Waals surface area contributed by atoms with Gasteiger partial charge in [0, 0.05) is 30.1 Å². The van der Waals surface area contributed by atoms with E-state index in [-0.39, 0.29) is 22.9 Å². The van der Waals surface area contributed by atoms with Crippen LogP contribution in [-0.2, 0) is 19.1 Å². The first-order valence-electron chi connectivity index (χ1n) is 9.99. The molecule has 0 radical (unpaired) electrons. The van der Waals surface area contributed by atoms with Gasteiger partial charge in [-0.1, -0.05) is 31.4 Å². The molecular formula is C22H26N2O6. The number of nitrogens with zero attached hydrogens (tertiary/aromatic N) is 2. The molecule has 1 saturated carbocycles. The van der Waals surface area contributed by atoms with Gasteiger partial charge in [-0.3, -0.25) is 10.1 Å². The lowest BCUT2D eigenvalue weighted by atomic mass is 9.82. The van der Waals surface area contributed by atoms with E-state index in [9.17, 15) is 19.7 Å². The molecule has 8 nitrogen and oxygen atoms in total. The van der Waals surface area contributed by atoms with Gasteiger partial charge >= 0.3 is 11.9 Å². The van der Waals surface area contributed by atoms with Gasteiger partial charge in [-0.2, -0.15) is 0 Å². The molecule has 1 fully saturated rings. The van der Waals surface area contributed by atoms with Gasteiger partial charge in [0.25, 0.3) is 5.69 Å². The van der Waals surface area contributed by atoms with Gasteiger partial charge in [0.15, 0.2) is 0 Å². The van der Waals surface area contributed by atoms with Crippen LogP contribution in [0.25, 0.3) is 0 Å². The summed E-state index contributed by atoms with van der Waals surface area (Å²) < 4.78 is 9.99. The Balaban J connectivity index is 2.14. The van der Waals surface area contributed by atoms with Crippen LogP contribution >= 0.6 is 0 Å². The molecule has 2 aliphatic rings. The first-order valence-corrected chi connectivity index (χ1v) is 9.99. The van der Waals surface area contributed by atoms with E-state index in [2.05, 4.69) is 0 Å². The van der Waals surface area contributed by atoms with E-state index in [0.29, 0.717) is 11.1 Å². The molecule has 1 aliphatic carbocycles. The number of nitro groups is 1. The zero-order valence-corrected chi connectivity index (χ0v) is 17.4. The van der Waals surface area contributed by atoms with Crippen molar-refractivity contribution in [1.82, 2.24) is 4.90 Å². The second kappa shape index (κ2) is 9.11. The van der Waals surface area contributed by atoms with E-state index in [0.717, 1.165) is 25.7 Å². The molecule has 0 N–H and O–H groups in total. The molecule has 0 amide bonds.